The lowest BCUT2D eigenvalue weighted by molar-refractivity contribution is 0.591. The molecule has 2 aromatic heterocycles. The molecule has 21 aromatic carbocycles. The molecule has 0 bridgehead atoms. The fraction of sp³-hybridized carbons (Fsp3) is 0.0407. The molecule has 0 unspecified atom stereocenters. The van der Waals surface area contributed by atoms with Crippen molar-refractivity contribution in [3.8, 4) is 123 Å². The third kappa shape index (κ3) is 11.8. The topological polar surface area (TPSA) is 9.86 Å². The number of rotatable bonds is 10. The smallest absolute Gasteiger partial charge is 0.0726 e. The molecule has 2 aliphatic carbocycles. The molecule has 25 rings (SSSR count). The summed E-state index contributed by atoms with van der Waals surface area (Å²) in [5, 5.41) is 15.2. The van der Waals surface area contributed by atoms with Crippen LogP contribution in [-0.4, -0.2) is 9.13 Å². The van der Waals surface area contributed by atoms with Gasteiger partial charge in [0.1, 0.15) is 0 Å². The summed E-state index contributed by atoms with van der Waals surface area (Å²) in [6.45, 7) is 6.90. The van der Waals surface area contributed by atoms with Gasteiger partial charge in [0.15, 0.2) is 0 Å². The zero-order valence-corrected chi connectivity index (χ0v) is 69.7. The molecule has 586 valence electrons. The zero-order valence-electron chi connectivity index (χ0n) is 69.7. The third-order valence-electron chi connectivity index (χ3n) is 26.9. The predicted molar refractivity (Wildman–Crippen MR) is 530 cm³/mol. The van der Waals surface area contributed by atoms with E-state index >= 15 is 0 Å². The fourth-order valence-corrected chi connectivity index (χ4v) is 21.3. The molecule has 2 heteroatoms. The zero-order chi connectivity index (χ0) is 83.0. The van der Waals surface area contributed by atoms with E-state index in [9.17, 15) is 0 Å². The van der Waals surface area contributed by atoms with Crippen LogP contribution in [0.25, 0.3) is 209 Å². The van der Waals surface area contributed by atoms with Crippen molar-refractivity contribution >= 4 is 86.7 Å². The fourth-order valence-electron chi connectivity index (χ4n) is 21.3. The third-order valence-corrected chi connectivity index (χ3v) is 26.9. The lowest BCUT2D eigenvalue weighted by Gasteiger charge is -2.31. The van der Waals surface area contributed by atoms with Gasteiger partial charge in [-0.2, -0.15) is 0 Å². The number of aromatic nitrogens is 2. The number of hydrogen-bond acceptors (Lipinski definition) is 0. The normalized spacial score (nSPS) is 12.5. The van der Waals surface area contributed by atoms with Gasteiger partial charge in [-0.05, 0) is 273 Å². The van der Waals surface area contributed by atoms with E-state index in [-0.39, 0.29) is 5.41 Å². The summed E-state index contributed by atoms with van der Waals surface area (Å²) in [4.78, 5) is 0. The molecule has 1 spiro atoms. The molecule has 2 heterocycles. The van der Waals surface area contributed by atoms with Crippen LogP contribution in [0.15, 0.2) is 455 Å². The van der Waals surface area contributed by atoms with E-state index in [0.29, 0.717) is 0 Å². The number of fused-ring (bicyclic) bond motifs is 20. The Bertz CT molecular complexity index is 8180. The van der Waals surface area contributed by atoms with Crippen molar-refractivity contribution in [2.75, 3.05) is 0 Å². The molecule has 2 nitrogen and oxygen atoms in total. The van der Waals surface area contributed by atoms with Crippen LogP contribution in [0.1, 0.15) is 48.6 Å². The van der Waals surface area contributed by atoms with Gasteiger partial charge in [0.2, 0.25) is 0 Å². The number of hydrogen-bond donors (Lipinski definition) is 0. The van der Waals surface area contributed by atoms with E-state index in [1.54, 1.807) is 0 Å². The first-order valence-corrected chi connectivity index (χ1v) is 43.7. The maximum atomic E-state index is 2.55. The van der Waals surface area contributed by atoms with Gasteiger partial charge >= 0.3 is 0 Å². The van der Waals surface area contributed by atoms with Crippen molar-refractivity contribution in [2.24, 2.45) is 0 Å². The summed E-state index contributed by atoms with van der Waals surface area (Å²) in [6.07, 6.45) is 0. The second-order valence-electron chi connectivity index (χ2n) is 34.8. The molecule has 0 amide bonds. The van der Waals surface area contributed by atoms with E-state index in [4.69, 9.17) is 0 Å². The quantitative estimate of drug-likeness (QED) is 0.121. The van der Waals surface area contributed by atoms with Gasteiger partial charge < -0.3 is 9.13 Å². The standard InChI is InChI=1S/C69H43N.C54H41N/c1-3-18-44(19-4-1)46-22-17-23-47(40-46)48-35-39-66-60(41-48)55-26-13-16-33-65(55)70(66)50-36-38-54-53-37-34-49(42-63(53)69(64(54)43-50)61-31-14-11-24-51(61)52-25-12-15-32-62(52)69)68-58-29-9-7-27-56(58)67(45-20-5-2-6-21-45)57-28-8-10-30-59(57)68;1-54(2,3)42-28-31-47-49(35-42)53(37-17-8-5-9-18-37)46-23-11-10-22-45(46)52(47)38-25-29-43(30-26-38)55-50-24-13-12-21-44(50)48-34-41(27-32-51(48)55)40-20-14-19-39(33-40)36-15-6-4-7-16-36/h1-43H;4-35H,1-3H3. The lowest BCUT2D eigenvalue weighted by Crippen LogP contribution is -2.26. The Morgan fingerprint density at radius 2 is 0.472 bits per heavy atom. The highest BCUT2D eigenvalue weighted by molar-refractivity contribution is 6.24. The van der Waals surface area contributed by atoms with Crippen molar-refractivity contribution in [3.05, 3.63) is 483 Å². The average Bonchev–Trinajstić information content (AvgIpc) is 1.50. The average molecular weight is 1590 g/mol. The summed E-state index contributed by atoms with van der Waals surface area (Å²) >= 11 is 0. The Morgan fingerprint density at radius 3 is 0.936 bits per heavy atom. The molecule has 0 radical (unpaired) electrons. The van der Waals surface area contributed by atoms with Gasteiger partial charge in [0.25, 0.3) is 0 Å². The Hall–Kier alpha value is -15.7. The van der Waals surface area contributed by atoms with Crippen LogP contribution in [-0.2, 0) is 10.8 Å². The molecular weight excluding hydrogens is 1510 g/mol. The van der Waals surface area contributed by atoms with Crippen LogP contribution in [0.3, 0.4) is 0 Å². The Balaban J connectivity index is 0.000000145. The second kappa shape index (κ2) is 29.3. The van der Waals surface area contributed by atoms with Crippen LogP contribution in [0.4, 0.5) is 0 Å². The Morgan fingerprint density at radius 1 is 0.168 bits per heavy atom. The highest BCUT2D eigenvalue weighted by Gasteiger charge is 2.52. The van der Waals surface area contributed by atoms with Crippen LogP contribution in [0.5, 0.6) is 0 Å². The molecule has 2 aliphatic rings. The van der Waals surface area contributed by atoms with E-state index in [2.05, 4.69) is 485 Å². The monoisotopic (exact) mass is 1590 g/mol. The Labute approximate surface area is 727 Å². The summed E-state index contributed by atoms with van der Waals surface area (Å²) < 4.78 is 4.92. The van der Waals surface area contributed by atoms with E-state index in [1.165, 1.54) is 226 Å². The Kier molecular flexibility index (Phi) is 17.1. The number of nitrogens with zero attached hydrogens (tertiary/aromatic N) is 2. The summed E-state index contributed by atoms with van der Waals surface area (Å²) in [6, 6.07) is 169. The first kappa shape index (κ1) is 73.2. The number of benzene rings is 21. The van der Waals surface area contributed by atoms with Gasteiger partial charge in [-0.15, -0.1) is 0 Å². The summed E-state index contributed by atoms with van der Waals surface area (Å²) in [5.74, 6) is 0. The van der Waals surface area contributed by atoms with Crippen LogP contribution < -0.4 is 0 Å². The largest absolute Gasteiger partial charge is 0.309 e. The summed E-state index contributed by atoms with van der Waals surface area (Å²) in [7, 11) is 0. The molecule has 0 atom stereocenters. The summed E-state index contributed by atoms with van der Waals surface area (Å²) in [5.41, 5.74) is 38.3. The van der Waals surface area contributed by atoms with Crippen LogP contribution >= 0.6 is 0 Å². The van der Waals surface area contributed by atoms with Crippen molar-refractivity contribution in [3.63, 3.8) is 0 Å². The SMILES string of the molecule is CC(C)(C)c1ccc2c(-c3ccc(-n4c5ccccc5c5cc(-c6cccc(-c7ccccc7)c6)ccc54)cc3)c3ccccc3c(-c3ccccc3)c2c1.c1ccc(-c2cccc(-c3ccc4c(c3)c3ccccc3n4-c3ccc4c(c3)C3(c5ccccc5-c5ccccc53)c3cc(-c5c6ccccc6c(-c6ccccc6)c6ccccc56)ccc3-4)c2)cc1. The van der Waals surface area contributed by atoms with Crippen molar-refractivity contribution in [1.29, 1.82) is 0 Å². The molecule has 23 aromatic rings. The molecule has 0 saturated heterocycles. The molecule has 0 fully saturated rings. The minimum absolute atomic E-state index is 0.0326. The van der Waals surface area contributed by atoms with Crippen LogP contribution in [0.2, 0.25) is 0 Å². The minimum Gasteiger partial charge on any atom is -0.309 e. The first-order chi connectivity index (χ1) is 61.7. The maximum absolute atomic E-state index is 2.55. The lowest BCUT2D eigenvalue weighted by atomic mass is 9.70. The maximum Gasteiger partial charge on any atom is 0.0726 e. The van der Waals surface area contributed by atoms with Gasteiger partial charge in [0.05, 0.1) is 27.5 Å². The highest BCUT2D eigenvalue weighted by atomic mass is 15.0. The van der Waals surface area contributed by atoms with Gasteiger partial charge in [-0.1, -0.05) is 391 Å². The predicted octanol–water partition coefficient (Wildman–Crippen LogP) is 33.2. The van der Waals surface area contributed by atoms with E-state index in [0.717, 1.165) is 11.4 Å². The van der Waals surface area contributed by atoms with E-state index in [1.807, 2.05) is 0 Å². The molecule has 0 aliphatic heterocycles. The first-order valence-electron chi connectivity index (χ1n) is 43.7. The number of para-hydroxylation sites is 2. The molecule has 0 saturated carbocycles. The van der Waals surface area contributed by atoms with E-state index < -0.39 is 5.41 Å². The van der Waals surface area contributed by atoms with Crippen molar-refractivity contribution < 1.29 is 0 Å². The van der Waals surface area contributed by atoms with Gasteiger partial charge in [-0.3, -0.25) is 0 Å². The highest BCUT2D eigenvalue weighted by Crippen LogP contribution is 2.64. The molecule has 125 heavy (non-hydrogen) atoms. The van der Waals surface area contributed by atoms with Crippen LogP contribution in [0, 0.1) is 0 Å². The van der Waals surface area contributed by atoms with Gasteiger partial charge in [-0.25, -0.2) is 0 Å². The minimum atomic E-state index is -0.546. The van der Waals surface area contributed by atoms with Gasteiger partial charge in [0, 0.05) is 32.9 Å². The molecule has 0 N–H and O–H groups in total. The molecular formula is C123H84N2. The second-order valence-corrected chi connectivity index (χ2v) is 34.8. The van der Waals surface area contributed by atoms with Crippen molar-refractivity contribution in [2.45, 2.75) is 31.6 Å². The van der Waals surface area contributed by atoms with Crippen molar-refractivity contribution in [1.82, 2.24) is 9.13 Å².